The highest BCUT2D eigenvalue weighted by Crippen LogP contribution is 2.19. The first-order valence-corrected chi connectivity index (χ1v) is 5.20. The quantitative estimate of drug-likeness (QED) is 0.646. The Kier molecular flexibility index (Phi) is 5.60. The first-order valence-electron chi connectivity index (χ1n) is 5.20. The summed E-state index contributed by atoms with van der Waals surface area (Å²) in [6, 6.07) is 0. The van der Waals surface area contributed by atoms with E-state index in [2.05, 4.69) is 0 Å². The number of rotatable bonds is 7. The van der Waals surface area contributed by atoms with Gasteiger partial charge >= 0.3 is 5.97 Å². The number of carboxylic acids is 1. The molecule has 0 saturated carbocycles. The van der Waals surface area contributed by atoms with Gasteiger partial charge in [0.15, 0.2) is 6.29 Å². The Hall–Kier alpha value is -0.650. The molecule has 88 valence electrons. The van der Waals surface area contributed by atoms with Gasteiger partial charge < -0.3 is 19.3 Å². The van der Waals surface area contributed by atoms with Crippen molar-refractivity contribution in [2.45, 2.75) is 38.1 Å². The van der Waals surface area contributed by atoms with Gasteiger partial charge in [-0.05, 0) is 12.8 Å². The van der Waals surface area contributed by atoms with E-state index in [1.165, 1.54) is 0 Å². The van der Waals surface area contributed by atoms with E-state index in [4.69, 9.17) is 19.3 Å². The Balaban J connectivity index is 2.07. The highest BCUT2D eigenvalue weighted by atomic mass is 16.7. The third kappa shape index (κ3) is 5.11. The van der Waals surface area contributed by atoms with E-state index in [1.54, 1.807) is 7.11 Å². The van der Waals surface area contributed by atoms with Crippen LogP contribution in [0.2, 0.25) is 0 Å². The van der Waals surface area contributed by atoms with Crippen LogP contribution in [-0.4, -0.2) is 43.8 Å². The largest absolute Gasteiger partial charge is 0.481 e. The summed E-state index contributed by atoms with van der Waals surface area (Å²) in [6.07, 6.45) is 2.12. The van der Waals surface area contributed by atoms with E-state index in [0.717, 1.165) is 12.8 Å². The van der Waals surface area contributed by atoms with E-state index in [9.17, 15) is 4.79 Å². The van der Waals surface area contributed by atoms with Gasteiger partial charge in [-0.25, -0.2) is 0 Å². The van der Waals surface area contributed by atoms with Crippen LogP contribution >= 0.6 is 0 Å². The third-order valence-electron chi connectivity index (χ3n) is 2.28. The van der Waals surface area contributed by atoms with Crippen LogP contribution in [0.1, 0.15) is 25.7 Å². The zero-order valence-corrected chi connectivity index (χ0v) is 8.98. The fourth-order valence-corrected chi connectivity index (χ4v) is 1.49. The molecule has 5 heteroatoms. The highest BCUT2D eigenvalue weighted by molar-refractivity contribution is 5.66. The predicted molar refractivity (Wildman–Crippen MR) is 52.6 cm³/mol. The molecule has 1 heterocycles. The van der Waals surface area contributed by atoms with Gasteiger partial charge in [0, 0.05) is 26.6 Å². The van der Waals surface area contributed by atoms with Crippen LogP contribution in [0.3, 0.4) is 0 Å². The summed E-state index contributed by atoms with van der Waals surface area (Å²) >= 11 is 0. The Morgan fingerprint density at radius 1 is 1.53 bits per heavy atom. The van der Waals surface area contributed by atoms with Crippen LogP contribution < -0.4 is 0 Å². The molecule has 1 aliphatic heterocycles. The maximum atomic E-state index is 10.3. The molecule has 1 aliphatic rings. The van der Waals surface area contributed by atoms with Crippen LogP contribution in [0.25, 0.3) is 0 Å². The van der Waals surface area contributed by atoms with Crippen LogP contribution in [0.15, 0.2) is 0 Å². The third-order valence-corrected chi connectivity index (χ3v) is 2.28. The van der Waals surface area contributed by atoms with Crippen molar-refractivity contribution in [2.75, 3.05) is 20.3 Å². The second-order valence-electron chi connectivity index (χ2n) is 3.59. The average molecular weight is 218 g/mol. The fourth-order valence-electron chi connectivity index (χ4n) is 1.49. The zero-order chi connectivity index (χ0) is 11.1. The molecule has 0 aromatic rings. The zero-order valence-electron chi connectivity index (χ0n) is 8.98. The minimum atomic E-state index is -0.790. The highest BCUT2D eigenvalue weighted by Gasteiger charge is 2.25. The molecule has 0 spiro atoms. The topological polar surface area (TPSA) is 65.0 Å². The summed E-state index contributed by atoms with van der Waals surface area (Å²) in [5, 5.41) is 8.50. The summed E-state index contributed by atoms with van der Waals surface area (Å²) in [6.45, 7) is 1.20. The van der Waals surface area contributed by atoms with Gasteiger partial charge in [-0.15, -0.1) is 0 Å². The molecule has 1 fully saturated rings. The Labute approximate surface area is 89.3 Å². The number of methoxy groups -OCH3 is 1. The van der Waals surface area contributed by atoms with Crippen molar-refractivity contribution in [2.24, 2.45) is 0 Å². The average Bonchev–Trinajstić information content (AvgIpc) is 2.63. The minimum absolute atomic E-state index is 0.0614. The lowest BCUT2D eigenvalue weighted by Crippen LogP contribution is -2.14. The van der Waals surface area contributed by atoms with Gasteiger partial charge in [0.25, 0.3) is 0 Å². The number of carboxylic acid groups (broad SMARTS) is 1. The number of hydrogen-bond donors (Lipinski definition) is 1. The van der Waals surface area contributed by atoms with Crippen molar-refractivity contribution in [3.63, 3.8) is 0 Å². The minimum Gasteiger partial charge on any atom is -0.481 e. The maximum Gasteiger partial charge on any atom is 0.303 e. The lowest BCUT2D eigenvalue weighted by molar-refractivity contribution is -0.138. The van der Waals surface area contributed by atoms with E-state index in [-0.39, 0.29) is 18.8 Å². The standard InChI is InChI=1S/C10H18O5/c1-13-6-2-3-10-14-7-8(15-10)4-5-9(11)12/h8,10H,2-7H2,1H3,(H,11,12). The van der Waals surface area contributed by atoms with Crippen LogP contribution in [-0.2, 0) is 19.0 Å². The van der Waals surface area contributed by atoms with Crippen molar-refractivity contribution in [3.05, 3.63) is 0 Å². The first-order chi connectivity index (χ1) is 7.22. The van der Waals surface area contributed by atoms with Crippen LogP contribution in [0.4, 0.5) is 0 Å². The summed E-state index contributed by atoms with van der Waals surface area (Å²) < 4.78 is 15.8. The Bertz CT molecular complexity index is 194. The number of hydrogen-bond acceptors (Lipinski definition) is 4. The van der Waals surface area contributed by atoms with Gasteiger partial charge in [0.2, 0.25) is 0 Å². The summed E-state index contributed by atoms with van der Waals surface area (Å²) in [5.41, 5.74) is 0. The maximum absolute atomic E-state index is 10.3. The van der Waals surface area contributed by atoms with Gasteiger partial charge in [0.1, 0.15) is 0 Å². The van der Waals surface area contributed by atoms with Crippen LogP contribution in [0.5, 0.6) is 0 Å². The Morgan fingerprint density at radius 2 is 2.33 bits per heavy atom. The lowest BCUT2D eigenvalue weighted by Gasteiger charge is -2.10. The lowest BCUT2D eigenvalue weighted by atomic mass is 10.2. The predicted octanol–water partition coefficient (Wildman–Crippen LogP) is 1.02. The molecule has 0 radical (unpaired) electrons. The molecule has 0 bridgehead atoms. The van der Waals surface area contributed by atoms with Gasteiger partial charge in [0.05, 0.1) is 12.7 Å². The van der Waals surface area contributed by atoms with Crippen molar-refractivity contribution >= 4 is 5.97 Å². The summed E-state index contributed by atoms with van der Waals surface area (Å²) in [4.78, 5) is 10.3. The molecule has 2 unspecified atom stereocenters. The van der Waals surface area contributed by atoms with Crippen LogP contribution in [0, 0.1) is 0 Å². The molecule has 1 rings (SSSR count). The van der Waals surface area contributed by atoms with Gasteiger partial charge in [-0.1, -0.05) is 0 Å². The van der Waals surface area contributed by atoms with E-state index >= 15 is 0 Å². The second kappa shape index (κ2) is 6.76. The second-order valence-corrected chi connectivity index (χ2v) is 3.59. The SMILES string of the molecule is COCCCC1OCC(CCC(=O)O)O1. The van der Waals surface area contributed by atoms with Crippen molar-refractivity contribution in [3.8, 4) is 0 Å². The summed E-state index contributed by atoms with van der Waals surface area (Å²) in [5.74, 6) is -0.790. The molecule has 1 N–H and O–H groups in total. The van der Waals surface area contributed by atoms with E-state index in [0.29, 0.717) is 19.6 Å². The molecular formula is C10H18O5. The molecule has 2 atom stereocenters. The van der Waals surface area contributed by atoms with Gasteiger partial charge in [-0.2, -0.15) is 0 Å². The Morgan fingerprint density at radius 3 is 3.00 bits per heavy atom. The molecule has 5 nitrogen and oxygen atoms in total. The first kappa shape index (κ1) is 12.4. The molecule has 1 saturated heterocycles. The van der Waals surface area contributed by atoms with Crippen molar-refractivity contribution in [1.82, 2.24) is 0 Å². The molecule has 0 aliphatic carbocycles. The van der Waals surface area contributed by atoms with Gasteiger partial charge in [-0.3, -0.25) is 4.79 Å². The molecule has 0 aromatic carbocycles. The normalized spacial score (nSPS) is 25.7. The number of carbonyl (C=O) groups is 1. The molecule has 0 amide bonds. The van der Waals surface area contributed by atoms with E-state index in [1.807, 2.05) is 0 Å². The van der Waals surface area contributed by atoms with Crippen molar-refractivity contribution < 1.29 is 24.1 Å². The van der Waals surface area contributed by atoms with E-state index < -0.39 is 5.97 Å². The van der Waals surface area contributed by atoms with Crippen molar-refractivity contribution in [1.29, 1.82) is 0 Å². The molecular weight excluding hydrogens is 200 g/mol. The fraction of sp³-hybridized carbons (Fsp3) is 0.900. The number of aliphatic carboxylic acids is 1. The molecule has 0 aromatic heterocycles. The molecule has 15 heavy (non-hydrogen) atoms. The number of ether oxygens (including phenoxy) is 3. The summed E-state index contributed by atoms with van der Waals surface area (Å²) in [7, 11) is 1.66. The smallest absolute Gasteiger partial charge is 0.303 e. The monoisotopic (exact) mass is 218 g/mol.